The Hall–Kier alpha value is -1.77. The van der Waals surface area contributed by atoms with Crippen LogP contribution in [0.15, 0.2) is 30.5 Å². The van der Waals surface area contributed by atoms with E-state index in [0.29, 0.717) is 5.41 Å². The number of hydrogen-bond donors (Lipinski definition) is 2. The van der Waals surface area contributed by atoms with Crippen molar-refractivity contribution in [2.75, 3.05) is 17.6 Å². The second-order valence-corrected chi connectivity index (χ2v) is 5.83. The average molecular weight is 243 g/mol. The van der Waals surface area contributed by atoms with Crippen LogP contribution >= 0.6 is 0 Å². The van der Waals surface area contributed by atoms with Gasteiger partial charge in [0, 0.05) is 18.1 Å². The Morgan fingerprint density at radius 3 is 2.72 bits per heavy atom. The topological polar surface area (TPSA) is 50.9 Å². The van der Waals surface area contributed by atoms with Gasteiger partial charge in [-0.05, 0) is 36.1 Å². The fourth-order valence-electron chi connectivity index (χ4n) is 1.90. The molecule has 3 nitrogen and oxygen atoms in total. The van der Waals surface area contributed by atoms with Crippen molar-refractivity contribution in [2.24, 2.45) is 5.41 Å². The molecular formula is C15H21N3. The summed E-state index contributed by atoms with van der Waals surface area (Å²) in [5.41, 5.74) is 9.23. The molecule has 1 heterocycles. The minimum absolute atomic E-state index is 0.333. The molecule has 0 radical (unpaired) electrons. The molecular weight excluding hydrogens is 222 g/mol. The summed E-state index contributed by atoms with van der Waals surface area (Å²) >= 11 is 0. The molecule has 0 unspecified atom stereocenters. The molecule has 1 aromatic carbocycles. The zero-order chi connectivity index (χ0) is 13.2. The van der Waals surface area contributed by atoms with Crippen molar-refractivity contribution in [3.05, 3.63) is 30.5 Å². The van der Waals surface area contributed by atoms with Crippen molar-refractivity contribution < 1.29 is 0 Å². The van der Waals surface area contributed by atoms with Gasteiger partial charge < -0.3 is 11.1 Å². The quantitative estimate of drug-likeness (QED) is 0.809. The van der Waals surface area contributed by atoms with Crippen molar-refractivity contribution in [3.63, 3.8) is 0 Å². The number of hydrogen-bond acceptors (Lipinski definition) is 3. The lowest BCUT2D eigenvalue weighted by Gasteiger charge is -2.19. The Labute approximate surface area is 108 Å². The van der Waals surface area contributed by atoms with Gasteiger partial charge in [-0.25, -0.2) is 0 Å². The van der Waals surface area contributed by atoms with Crippen LogP contribution in [0, 0.1) is 5.41 Å². The molecule has 0 saturated carbocycles. The van der Waals surface area contributed by atoms with Gasteiger partial charge >= 0.3 is 0 Å². The number of nitrogen functional groups attached to an aromatic ring is 1. The summed E-state index contributed by atoms with van der Waals surface area (Å²) in [7, 11) is 0. The normalized spacial score (nSPS) is 11.7. The zero-order valence-electron chi connectivity index (χ0n) is 11.3. The van der Waals surface area contributed by atoms with Gasteiger partial charge in [0.2, 0.25) is 0 Å². The lowest BCUT2D eigenvalue weighted by atomic mass is 9.92. The summed E-state index contributed by atoms with van der Waals surface area (Å²) in [6.07, 6.45) is 2.89. The van der Waals surface area contributed by atoms with Crippen molar-refractivity contribution in [1.29, 1.82) is 0 Å². The number of nitrogens with two attached hydrogens (primary N) is 1. The molecule has 96 valence electrons. The highest BCUT2D eigenvalue weighted by Gasteiger charge is 2.10. The second-order valence-electron chi connectivity index (χ2n) is 5.83. The molecule has 2 aromatic rings. The van der Waals surface area contributed by atoms with E-state index >= 15 is 0 Å². The van der Waals surface area contributed by atoms with Crippen molar-refractivity contribution in [3.8, 4) is 0 Å². The molecule has 2 rings (SSSR count). The minimum atomic E-state index is 0.333. The zero-order valence-corrected chi connectivity index (χ0v) is 11.3. The van der Waals surface area contributed by atoms with Crippen molar-refractivity contribution in [2.45, 2.75) is 27.2 Å². The number of rotatable bonds is 3. The maximum atomic E-state index is 6.17. The molecule has 0 amide bonds. The molecule has 0 spiro atoms. The number of benzene rings is 1. The van der Waals surface area contributed by atoms with E-state index in [1.807, 2.05) is 24.3 Å². The summed E-state index contributed by atoms with van der Waals surface area (Å²) < 4.78 is 0. The SMILES string of the molecule is CC(C)(C)CCNc1ccc2ncccc2c1N. The predicted molar refractivity (Wildman–Crippen MR) is 78.7 cm³/mol. The van der Waals surface area contributed by atoms with E-state index in [4.69, 9.17) is 5.73 Å². The van der Waals surface area contributed by atoms with Crippen LogP contribution in [0.25, 0.3) is 10.9 Å². The van der Waals surface area contributed by atoms with Gasteiger partial charge in [0.05, 0.1) is 16.9 Å². The van der Waals surface area contributed by atoms with Crippen LogP contribution in [0.2, 0.25) is 0 Å². The van der Waals surface area contributed by atoms with Crippen LogP contribution in [0.1, 0.15) is 27.2 Å². The molecule has 1 aromatic heterocycles. The first-order chi connectivity index (χ1) is 8.47. The maximum absolute atomic E-state index is 6.17. The highest BCUT2D eigenvalue weighted by Crippen LogP contribution is 2.28. The van der Waals surface area contributed by atoms with Gasteiger partial charge in [-0.15, -0.1) is 0 Å². The lowest BCUT2D eigenvalue weighted by Crippen LogP contribution is -2.13. The van der Waals surface area contributed by atoms with E-state index in [0.717, 1.165) is 35.2 Å². The van der Waals surface area contributed by atoms with E-state index in [9.17, 15) is 0 Å². The largest absolute Gasteiger partial charge is 0.397 e. The third kappa shape index (κ3) is 2.92. The van der Waals surface area contributed by atoms with Crippen molar-refractivity contribution in [1.82, 2.24) is 4.98 Å². The molecule has 0 aliphatic carbocycles. The lowest BCUT2D eigenvalue weighted by molar-refractivity contribution is 0.390. The number of fused-ring (bicyclic) bond motifs is 1. The Balaban J connectivity index is 2.17. The number of pyridine rings is 1. The van der Waals surface area contributed by atoms with Gasteiger partial charge in [0.15, 0.2) is 0 Å². The fraction of sp³-hybridized carbons (Fsp3) is 0.400. The molecule has 0 atom stereocenters. The average Bonchev–Trinajstić information content (AvgIpc) is 2.31. The monoisotopic (exact) mass is 243 g/mol. The summed E-state index contributed by atoms with van der Waals surface area (Å²) in [5, 5.41) is 4.42. The Kier molecular flexibility index (Phi) is 3.41. The fourth-order valence-corrected chi connectivity index (χ4v) is 1.90. The van der Waals surface area contributed by atoms with Gasteiger partial charge in [-0.1, -0.05) is 20.8 Å². The third-order valence-electron chi connectivity index (χ3n) is 3.02. The first-order valence-corrected chi connectivity index (χ1v) is 6.34. The van der Waals surface area contributed by atoms with Gasteiger partial charge in [-0.2, -0.15) is 0 Å². The second kappa shape index (κ2) is 4.84. The van der Waals surface area contributed by atoms with Gasteiger partial charge in [-0.3, -0.25) is 4.98 Å². The number of aromatic nitrogens is 1. The summed E-state index contributed by atoms with van der Waals surface area (Å²) in [6.45, 7) is 7.65. The Morgan fingerprint density at radius 2 is 2.00 bits per heavy atom. The molecule has 0 saturated heterocycles. The Morgan fingerprint density at radius 1 is 1.22 bits per heavy atom. The smallest absolute Gasteiger partial charge is 0.0724 e. The molecule has 18 heavy (non-hydrogen) atoms. The summed E-state index contributed by atoms with van der Waals surface area (Å²) in [6, 6.07) is 7.93. The van der Waals surface area contributed by atoms with E-state index in [-0.39, 0.29) is 0 Å². The number of nitrogens with one attached hydrogen (secondary N) is 1. The van der Waals surface area contributed by atoms with Crippen LogP contribution in [0.3, 0.4) is 0 Å². The Bertz CT molecular complexity index is 541. The van der Waals surface area contributed by atoms with E-state index < -0.39 is 0 Å². The van der Waals surface area contributed by atoms with E-state index in [1.54, 1.807) is 6.20 Å². The molecule has 0 aliphatic rings. The highest BCUT2D eigenvalue weighted by atomic mass is 14.9. The maximum Gasteiger partial charge on any atom is 0.0724 e. The first-order valence-electron chi connectivity index (χ1n) is 6.34. The van der Waals surface area contributed by atoms with Crippen molar-refractivity contribution >= 4 is 22.3 Å². The van der Waals surface area contributed by atoms with Crippen LogP contribution in [-0.4, -0.2) is 11.5 Å². The van der Waals surface area contributed by atoms with Crippen LogP contribution in [0.4, 0.5) is 11.4 Å². The van der Waals surface area contributed by atoms with Gasteiger partial charge in [0.1, 0.15) is 0 Å². The minimum Gasteiger partial charge on any atom is -0.397 e. The molecule has 0 aliphatic heterocycles. The summed E-state index contributed by atoms with van der Waals surface area (Å²) in [4.78, 5) is 4.29. The predicted octanol–water partition coefficient (Wildman–Crippen LogP) is 3.67. The third-order valence-corrected chi connectivity index (χ3v) is 3.02. The molecule has 3 heteroatoms. The number of anilines is 2. The summed E-state index contributed by atoms with van der Waals surface area (Å²) in [5.74, 6) is 0. The molecule has 0 fully saturated rings. The van der Waals surface area contributed by atoms with E-state index in [1.165, 1.54) is 0 Å². The highest BCUT2D eigenvalue weighted by molar-refractivity contribution is 5.96. The standard InChI is InChI=1S/C15H21N3/c1-15(2,3)8-10-18-13-7-6-12-11(14(13)16)5-4-9-17-12/h4-7,9,18H,8,10,16H2,1-3H3. The molecule has 0 bridgehead atoms. The van der Waals surface area contributed by atoms with E-state index in [2.05, 4.69) is 31.1 Å². The first kappa shape index (κ1) is 12.7. The van der Waals surface area contributed by atoms with Crippen LogP contribution in [-0.2, 0) is 0 Å². The molecule has 3 N–H and O–H groups in total. The van der Waals surface area contributed by atoms with Crippen LogP contribution in [0.5, 0.6) is 0 Å². The van der Waals surface area contributed by atoms with Crippen LogP contribution < -0.4 is 11.1 Å². The number of nitrogens with zero attached hydrogens (tertiary/aromatic N) is 1. The van der Waals surface area contributed by atoms with Gasteiger partial charge in [0.25, 0.3) is 0 Å².